The van der Waals surface area contributed by atoms with E-state index in [-0.39, 0.29) is 17.1 Å². The average Bonchev–Trinajstić information content (AvgIpc) is 2.90. The fourth-order valence-electron chi connectivity index (χ4n) is 4.03. The van der Waals surface area contributed by atoms with Crippen LogP contribution in [0, 0.1) is 6.92 Å². The van der Waals surface area contributed by atoms with Crippen LogP contribution in [0.2, 0.25) is 10.0 Å². The van der Waals surface area contributed by atoms with Crippen molar-refractivity contribution in [3.8, 4) is 5.75 Å². The number of sulfonamides is 1. The smallest absolute Gasteiger partial charge is 0.264 e. The molecule has 41 heavy (non-hydrogen) atoms. The Bertz CT molecular complexity index is 1470. The molecule has 0 spiro atoms. The molecule has 3 aromatic rings. The molecular weight excluding hydrogens is 585 g/mol. The van der Waals surface area contributed by atoms with Crippen LogP contribution in [0.3, 0.4) is 0 Å². The third kappa shape index (κ3) is 8.15. The molecule has 0 saturated heterocycles. The summed E-state index contributed by atoms with van der Waals surface area (Å²) in [6.07, 6.45) is 0. The Balaban J connectivity index is 2.08. The molecule has 0 aliphatic rings. The standard InChI is InChI=1S/C30H35Cl2N3O5S/c1-20-10-16-24(17-11-20)41(38,39)35(22-12-14-23(40-6)15-13-22)19-28(36)34(21(2)29(37)33-30(3,4)5)18-25-26(31)8-7-9-27(25)32/h7-17,21H,18-19H2,1-6H3,(H,33,37)/t21-/m1/s1. The zero-order valence-electron chi connectivity index (χ0n) is 23.9. The van der Waals surface area contributed by atoms with E-state index in [9.17, 15) is 18.0 Å². The van der Waals surface area contributed by atoms with Gasteiger partial charge in [0, 0.05) is 27.7 Å². The molecule has 0 heterocycles. The molecule has 1 N–H and O–H groups in total. The number of hydrogen-bond acceptors (Lipinski definition) is 5. The van der Waals surface area contributed by atoms with Crippen molar-refractivity contribution in [2.45, 2.75) is 57.6 Å². The number of carbonyl (C=O) groups is 2. The second kappa shape index (κ2) is 13.1. The summed E-state index contributed by atoms with van der Waals surface area (Å²) >= 11 is 12.8. The van der Waals surface area contributed by atoms with Crippen LogP contribution >= 0.6 is 23.2 Å². The van der Waals surface area contributed by atoms with Gasteiger partial charge in [0.25, 0.3) is 10.0 Å². The van der Waals surface area contributed by atoms with E-state index >= 15 is 0 Å². The minimum atomic E-state index is -4.19. The summed E-state index contributed by atoms with van der Waals surface area (Å²) in [5, 5.41) is 3.52. The highest BCUT2D eigenvalue weighted by molar-refractivity contribution is 7.92. The zero-order chi connectivity index (χ0) is 30.5. The van der Waals surface area contributed by atoms with Crippen LogP contribution in [-0.2, 0) is 26.2 Å². The monoisotopic (exact) mass is 619 g/mol. The van der Waals surface area contributed by atoms with Crippen LogP contribution in [0.5, 0.6) is 5.75 Å². The predicted molar refractivity (Wildman–Crippen MR) is 163 cm³/mol. The molecule has 0 bridgehead atoms. The quantitative estimate of drug-likeness (QED) is 0.308. The van der Waals surface area contributed by atoms with Gasteiger partial charge in [0.2, 0.25) is 11.8 Å². The van der Waals surface area contributed by atoms with Crippen molar-refractivity contribution >= 4 is 50.7 Å². The van der Waals surface area contributed by atoms with Gasteiger partial charge in [0.1, 0.15) is 18.3 Å². The maximum Gasteiger partial charge on any atom is 0.264 e. The van der Waals surface area contributed by atoms with E-state index in [1.165, 1.54) is 24.1 Å². The summed E-state index contributed by atoms with van der Waals surface area (Å²) in [7, 11) is -2.69. The van der Waals surface area contributed by atoms with Gasteiger partial charge < -0.3 is 15.0 Å². The number of hydrogen-bond donors (Lipinski definition) is 1. The van der Waals surface area contributed by atoms with E-state index in [1.54, 1.807) is 61.5 Å². The van der Waals surface area contributed by atoms with Crippen LogP contribution in [0.1, 0.15) is 38.8 Å². The third-order valence-electron chi connectivity index (χ3n) is 6.30. The first-order valence-corrected chi connectivity index (χ1v) is 15.1. The Hall–Kier alpha value is -3.27. The van der Waals surface area contributed by atoms with Crippen molar-refractivity contribution in [3.05, 3.63) is 87.9 Å². The Morgan fingerprint density at radius 1 is 0.951 bits per heavy atom. The summed E-state index contributed by atoms with van der Waals surface area (Å²) in [5.41, 5.74) is 1.02. The number of anilines is 1. The zero-order valence-corrected chi connectivity index (χ0v) is 26.3. The van der Waals surface area contributed by atoms with E-state index < -0.39 is 40.0 Å². The van der Waals surface area contributed by atoms with Gasteiger partial charge in [-0.3, -0.25) is 13.9 Å². The van der Waals surface area contributed by atoms with Crippen LogP contribution in [-0.4, -0.2) is 50.4 Å². The number of halogens is 2. The number of methoxy groups -OCH3 is 1. The Kier molecular flexibility index (Phi) is 10.3. The molecule has 2 amide bonds. The topological polar surface area (TPSA) is 96.0 Å². The third-order valence-corrected chi connectivity index (χ3v) is 8.80. The highest BCUT2D eigenvalue weighted by Gasteiger charge is 2.34. The van der Waals surface area contributed by atoms with Crippen LogP contribution < -0.4 is 14.4 Å². The molecule has 3 aromatic carbocycles. The average molecular weight is 621 g/mol. The van der Waals surface area contributed by atoms with Crippen LogP contribution in [0.25, 0.3) is 0 Å². The molecule has 0 fully saturated rings. The normalized spacial score (nSPS) is 12.4. The lowest BCUT2D eigenvalue weighted by Crippen LogP contribution is -2.54. The van der Waals surface area contributed by atoms with Gasteiger partial charge in [-0.15, -0.1) is 0 Å². The van der Waals surface area contributed by atoms with E-state index in [1.807, 2.05) is 27.7 Å². The summed E-state index contributed by atoms with van der Waals surface area (Å²) in [4.78, 5) is 28.6. The predicted octanol–water partition coefficient (Wildman–Crippen LogP) is 5.84. The number of rotatable bonds is 10. The molecule has 0 aliphatic carbocycles. The summed E-state index contributed by atoms with van der Waals surface area (Å²) in [6.45, 7) is 8.21. The molecular formula is C30H35Cl2N3O5S. The number of nitrogens with zero attached hydrogens (tertiary/aromatic N) is 2. The van der Waals surface area contributed by atoms with E-state index in [0.717, 1.165) is 9.87 Å². The van der Waals surface area contributed by atoms with Gasteiger partial charge in [-0.25, -0.2) is 8.42 Å². The SMILES string of the molecule is COc1ccc(N(CC(=O)N(Cc2c(Cl)cccc2Cl)[C@H](C)C(=O)NC(C)(C)C)S(=O)(=O)c2ccc(C)cc2)cc1. The molecule has 0 unspecified atom stereocenters. The second-order valence-electron chi connectivity index (χ2n) is 10.7. The summed E-state index contributed by atoms with van der Waals surface area (Å²) in [5.74, 6) is -0.509. The highest BCUT2D eigenvalue weighted by Crippen LogP contribution is 2.29. The highest BCUT2D eigenvalue weighted by atomic mass is 35.5. The lowest BCUT2D eigenvalue weighted by molar-refractivity contribution is -0.140. The van der Waals surface area contributed by atoms with Crippen molar-refractivity contribution in [2.24, 2.45) is 0 Å². The lowest BCUT2D eigenvalue weighted by Gasteiger charge is -2.33. The molecule has 0 radical (unpaired) electrons. The largest absolute Gasteiger partial charge is 0.497 e. The van der Waals surface area contributed by atoms with Crippen molar-refractivity contribution in [1.29, 1.82) is 0 Å². The molecule has 8 nitrogen and oxygen atoms in total. The maximum absolute atomic E-state index is 14.0. The minimum Gasteiger partial charge on any atom is -0.497 e. The first kappa shape index (κ1) is 32.2. The van der Waals surface area contributed by atoms with Crippen molar-refractivity contribution in [2.75, 3.05) is 18.0 Å². The molecule has 0 aliphatic heterocycles. The van der Waals surface area contributed by atoms with Gasteiger partial charge >= 0.3 is 0 Å². The lowest BCUT2D eigenvalue weighted by atomic mass is 10.1. The molecule has 0 aromatic heterocycles. The van der Waals surface area contributed by atoms with Gasteiger partial charge in [-0.2, -0.15) is 0 Å². The number of amides is 2. The first-order chi connectivity index (χ1) is 19.1. The number of aryl methyl sites for hydroxylation is 1. The summed E-state index contributed by atoms with van der Waals surface area (Å²) in [6, 6.07) is 16.7. The molecule has 1 atom stereocenters. The molecule has 220 valence electrons. The van der Waals surface area contributed by atoms with Gasteiger partial charge in [-0.1, -0.05) is 47.0 Å². The fraction of sp³-hybridized carbons (Fsp3) is 0.333. The van der Waals surface area contributed by atoms with Crippen molar-refractivity contribution < 1.29 is 22.7 Å². The van der Waals surface area contributed by atoms with E-state index in [2.05, 4.69) is 5.32 Å². The number of carbonyl (C=O) groups excluding carboxylic acids is 2. The molecule has 3 rings (SSSR count). The second-order valence-corrected chi connectivity index (χ2v) is 13.3. The van der Waals surface area contributed by atoms with Gasteiger partial charge in [0.05, 0.1) is 17.7 Å². The van der Waals surface area contributed by atoms with Crippen LogP contribution in [0.4, 0.5) is 5.69 Å². The van der Waals surface area contributed by atoms with Crippen molar-refractivity contribution in [3.63, 3.8) is 0 Å². The van der Waals surface area contributed by atoms with E-state index in [4.69, 9.17) is 27.9 Å². The van der Waals surface area contributed by atoms with E-state index in [0.29, 0.717) is 21.4 Å². The summed E-state index contributed by atoms with van der Waals surface area (Å²) < 4.78 is 34.1. The minimum absolute atomic E-state index is 0.0194. The number of benzene rings is 3. The van der Waals surface area contributed by atoms with Crippen LogP contribution in [0.15, 0.2) is 71.6 Å². The molecule has 11 heteroatoms. The Labute approximate surface area is 252 Å². The fourth-order valence-corrected chi connectivity index (χ4v) is 5.96. The number of ether oxygens (including phenoxy) is 1. The van der Waals surface area contributed by atoms with Gasteiger partial charge in [-0.05, 0) is 83.1 Å². The van der Waals surface area contributed by atoms with Crippen molar-refractivity contribution in [1.82, 2.24) is 10.2 Å². The first-order valence-electron chi connectivity index (χ1n) is 12.9. The molecule has 0 saturated carbocycles. The number of nitrogens with one attached hydrogen (secondary N) is 1. The Morgan fingerprint density at radius 2 is 1.51 bits per heavy atom. The van der Waals surface area contributed by atoms with Gasteiger partial charge in [0.15, 0.2) is 0 Å². The Morgan fingerprint density at radius 3 is 2.02 bits per heavy atom. The maximum atomic E-state index is 14.0.